The van der Waals surface area contributed by atoms with Gasteiger partial charge in [0, 0.05) is 6.04 Å². The highest BCUT2D eigenvalue weighted by molar-refractivity contribution is 5.72. The summed E-state index contributed by atoms with van der Waals surface area (Å²) in [7, 11) is 0. The molecule has 1 saturated carbocycles. The van der Waals surface area contributed by atoms with Gasteiger partial charge in [-0.3, -0.25) is 0 Å². The van der Waals surface area contributed by atoms with Gasteiger partial charge >= 0.3 is 6.03 Å². The number of fused-ring (bicyclic) bond motifs is 2. The smallest absolute Gasteiger partial charge is 0.312 e. The lowest BCUT2D eigenvalue weighted by atomic mass is 10.0. The first-order valence-electron chi connectivity index (χ1n) is 4.00. The fraction of sp³-hybridized carbons (Fsp3) is 0.625. The van der Waals surface area contributed by atoms with E-state index in [2.05, 4.69) is 17.5 Å². The molecule has 3 heteroatoms. The molecular weight excluding hydrogens is 140 g/mol. The van der Waals surface area contributed by atoms with E-state index < -0.39 is 6.03 Å². The molecule has 0 radical (unpaired) electrons. The monoisotopic (exact) mass is 152 g/mol. The number of allylic oxidation sites excluding steroid dienone is 1. The van der Waals surface area contributed by atoms with Gasteiger partial charge in [-0.25, -0.2) is 4.79 Å². The number of carbonyl (C=O) groups excluding carboxylic acids is 1. The minimum absolute atomic E-state index is 0.308. The molecule has 0 heterocycles. The zero-order chi connectivity index (χ0) is 7.84. The maximum Gasteiger partial charge on any atom is 0.312 e. The number of hydrogen-bond donors (Lipinski definition) is 2. The molecule has 0 aromatic carbocycles. The van der Waals surface area contributed by atoms with Gasteiger partial charge < -0.3 is 11.1 Å². The van der Waals surface area contributed by atoms with Crippen molar-refractivity contribution in [2.45, 2.75) is 18.9 Å². The third-order valence-electron chi connectivity index (χ3n) is 2.61. The van der Waals surface area contributed by atoms with Gasteiger partial charge in [-0.15, -0.1) is 0 Å². The van der Waals surface area contributed by atoms with Gasteiger partial charge in [0.25, 0.3) is 0 Å². The Labute approximate surface area is 65.6 Å². The van der Waals surface area contributed by atoms with Gasteiger partial charge in [0.1, 0.15) is 0 Å². The molecule has 3 nitrogen and oxygen atoms in total. The van der Waals surface area contributed by atoms with Crippen LogP contribution in [0.1, 0.15) is 12.8 Å². The van der Waals surface area contributed by atoms with Crippen LogP contribution in [0.4, 0.5) is 4.79 Å². The summed E-state index contributed by atoms with van der Waals surface area (Å²) in [6, 6.07) is -0.0848. The van der Waals surface area contributed by atoms with E-state index in [0.29, 0.717) is 17.9 Å². The SMILES string of the molecule is NC(=O)NC1CC2C=CC1C2. The fourth-order valence-electron chi connectivity index (χ4n) is 2.13. The normalized spacial score (nSPS) is 39.5. The van der Waals surface area contributed by atoms with Crippen LogP contribution in [0.25, 0.3) is 0 Å². The van der Waals surface area contributed by atoms with E-state index in [1.165, 1.54) is 6.42 Å². The number of urea groups is 1. The average Bonchev–Trinajstić information content (AvgIpc) is 2.45. The molecule has 0 spiro atoms. The Morgan fingerprint density at radius 2 is 2.27 bits per heavy atom. The minimum Gasteiger partial charge on any atom is -0.352 e. The lowest BCUT2D eigenvalue weighted by molar-refractivity contribution is 0.243. The fourth-order valence-corrected chi connectivity index (χ4v) is 2.13. The molecule has 2 rings (SSSR count). The Morgan fingerprint density at radius 1 is 1.45 bits per heavy atom. The van der Waals surface area contributed by atoms with Gasteiger partial charge in [-0.05, 0) is 24.7 Å². The number of carbonyl (C=O) groups is 1. The van der Waals surface area contributed by atoms with Crippen LogP contribution >= 0.6 is 0 Å². The maximum atomic E-state index is 10.5. The maximum absolute atomic E-state index is 10.5. The van der Waals surface area contributed by atoms with Crippen molar-refractivity contribution in [1.29, 1.82) is 0 Å². The van der Waals surface area contributed by atoms with Crippen molar-refractivity contribution >= 4 is 6.03 Å². The summed E-state index contributed by atoms with van der Waals surface area (Å²) >= 11 is 0. The Bertz CT molecular complexity index is 212. The van der Waals surface area contributed by atoms with Gasteiger partial charge in [0.15, 0.2) is 0 Å². The molecule has 0 aliphatic heterocycles. The highest BCUT2D eigenvalue weighted by atomic mass is 16.2. The molecular formula is C8H12N2O. The molecule has 2 aliphatic rings. The van der Waals surface area contributed by atoms with E-state index in [4.69, 9.17) is 5.73 Å². The van der Waals surface area contributed by atoms with Crippen LogP contribution < -0.4 is 11.1 Å². The number of nitrogens with two attached hydrogens (primary N) is 1. The zero-order valence-electron chi connectivity index (χ0n) is 6.29. The van der Waals surface area contributed by atoms with E-state index in [9.17, 15) is 4.79 Å². The van der Waals surface area contributed by atoms with E-state index in [-0.39, 0.29) is 0 Å². The summed E-state index contributed by atoms with van der Waals surface area (Å²) in [5, 5.41) is 2.76. The standard InChI is InChI=1S/C8H12N2O/c9-8(11)10-7-4-5-1-2-6(7)3-5/h1-2,5-7H,3-4H2,(H3,9,10,11). The predicted molar refractivity (Wildman–Crippen MR) is 41.9 cm³/mol. The molecule has 2 aliphatic carbocycles. The number of hydrogen-bond acceptors (Lipinski definition) is 1. The van der Waals surface area contributed by atoms with Gasteiger partial charge in [0.2, 0.25) is 0 Å². The number of primary amides is 1. The van der Waals surface area contributed by atoms with Crippen molar-refractivity contribution < 1.29 is 4.79 Å². The minimum atomic E-state index is -0.393. The van der Waals surface area contributed by atoms with Gasteiger partial charge in [0.05, 0.1) is 0 Å². The van der Waals surface area contributed by atoms with E-state index in [0.717, 1.165) is 6.42 Å². The van der Waals surface area contributed by atoms with Crippen LogP contribution in [0.3, 0.4) is 0 Å². The third-order valence-corrected chi connectivity index (χ3v) is 2.61. The second kappa shape index (κ2) is 2.26. The van der Waals surface area contributed by atoms with Gasteiger partial charge in [-0.2, -0.15) is 0 Å². The Morgan fingerprint density at radius 3 is 2.73 bits per heavy atom. The Kier molecular flexibility index (Phi) is 1.37. The van der Waals surface area contributed by atoms with Crippen LogP contribution in [-0.4, -0.2) is 12.1 Å². The number of nitrogens with one attached hydrogen (secondary N) is 1. The Hall–Kier alpha value is -0.990. The first-order valence-corrected chi connectivity index (χ1v) is 4.00. The molecule has 0 aromatic rings. The topological polar surface area (TPSA) is 55.1 Å². The average molecular weight is 152 g/mol. The summed E-state index contributed by atoms with van der Waals surface area (Å²) in [6.07, 6.45) is 6.70. The van der Waals surface area contributed by atoms with E-state index in [1.54, 1.807) is 0 Å². The lowest BCUT2D eigenvalue weighted by Gasteiger charge is -2.17. The number of rotatable bonds is 1. The Balaban J connectivity index is 1.98. The van der Waals surface area contributed by atoms with Crippen molar-refractivity contribution in [3.05, 3.63) is 12.2 Å². The molecule has 3 atom stereocenters. The van der Waals surface area contributed by atoms with Crippen LogP contribution in [0.15, 0.2) is 12.2 Å². The van der Waals surface area contributed by atoms with Crippen LogP contribution in [0.2, 0.25) is 0 Å². The lowest BCUT2D eigenvalue weighted by Crippen LogP contribution is -2.40. The molecule has 60 valence electrons. The molecule has 11 heavy (non-hydrogen) atoms. The number of amides is 2. The van der Waals surface area contributed by atoms with Crippen LogP contribution in [0, 0.1) is 11.8 Å². The van der Waals surface area contributed by atoms with Crippen molar-refractivity contribution in [1.82, 2.24) is 5.32 Å². The van der Waals surface area contributed by atoms with Crippen molar-refractivity contribution in [2.75, 3.05) is 0 Å². The predicted octanol–water partition coefficient (Wildman–Crippen LogP) is 0.619. The summed E-state index contributed by atoms with van der Waals surface area (Å²) in [5.74, 6) is 1.24. The molecule has 0 saturated heterocycles. The second-order valence-corrected chi connectivity index (χ2v) is 3.40. The second-order valence-electron chi connectivity index (χ2n) is 3.40. The summed E-state index contributed by atoms with van der Waals surface area (Å²) in [4.78, 5) is 10.5. The third kappa shape index (κ3) is 1.11. The first-order chi connectivity index (χ1) is 5.25. The van der Waals surface area contributed by atoms with E-state index in [1.807, 2.05) is 0 Å². The van der Waals surface area contributed by atoms with Crippen molar-refractivity contribution in [3.63, 3.8) is 0 Å². The highest BCUT2D eigenvalue weighted by Crippen LogP contribution is 2.38. The quantitative estimate of drug-likeness (QED) is 0.532. The van der Waals surface area contributed by atoms with Crippen molar-refractivity contribution in [2.24, 2.45) is 17.6 Å². The summed E-state index contributed by atoms with van der Waals surface area (Å²) < 4.78 is 0. The highest BCUT2D eigenvalue weighted by Gasteiger charge is 2.35. The van der Waals surface area contributed by atoms with Gasteiger partial charge in [-0.1, -0.05) is 12.2 Å². The van der Waals surface area contributed by atoms with Crippen LogP contribution in [-0.2, 0) is 0 Å². The molecule has 0 aromatic heterocycles. The zero-order valence-corrected chi connectivity index (χ0v) is 6.29. The summed E-state index contributed by atoms with van der Waals surface area (Å²) in [5.41, 5.74) is 5.03. The van der Waals surface area contributed by atoms with E-state index >= 15 is 0 Å². The molecule has 2 amide bonds. The van der Waals surface area contributed by atoms with Crippen LogP contribution in [0.5, 0.6) is 0 Å². The first kappa shape index (κ1) is 6.70. The molecule has 3 unspecified atom stereocenters. The molecule has 3 N–H and O–H groups in total. The molecule has 2 bridgehead atoms. The van der Waals surface area contributed by atoms with Crippen molar-refractivity contribution in [3.8, 4) is 0 Å². The summed E-state index contributed by atoms with van der Waals surface area (Å²) in [6.45, 7) is 0. The largest absolute Gasteiger partial charge is 0.352 e. The molecule has 1 fully saturated rings.